The summed E-state index contributed by atoms with van der Waals surface area (Å²) in [7, 11) is 0. The number of hydrogen-bond acceptors (Lipinski definition) is 4. The van der Waals surface area contributed by atoms with Gasteiger partial charge in [0.25, 0.3) is 0 Å². The smallest absolute Gasteiger partial charge is 0.341 e. The quantitative estimate of drug-likeness (QED) is 0.799. The molecule has 2 aromatic carbocycles. The van der Waals surface area contributed by atoms with Gasteiger partial charge in [0.1, 0.15) is 5.75 Å². The lowest BCUT2D eigenvalue weighted by Crippen LogP contribution is -2.09. The maximum absolute atomic E-state index is 10.7. The molecule has 6 heteroatoms. The van der Waals surface area contributed by atoms with E-state index in [0.29, 0.717) is 11.4 Å². The van der Waals surface area contributed by atoms with Crippen molar-refractivity contribution in [3.05, 3.63) is 59.7 Å². The first-order chi connectivity index (χ1) is 10.5. The maximum Gasteiger partial charge on any atom is 0.341 e. The number of rotatable bonds is 6. The van der Waals surface area contributed by atoms with Crippen molar-refractivity contribution in [3.8, 4) is 5.75 Å². The van der Waals surface area contributed by atoms with Crippen LogP contribution >= 0.6 is 0 Å². The first-order valence-electron chi connectivity index (χ1n) is 6.37. The van der Waals surface area contributed by atoms with Crippen LogP contribution in [0.25, 0.3) is 0 Å². The Balaban J connectivity index is 2.00. The lowest BCUT2D eigenvalue weighted by atomic mass is 10.2. The molecule has 0 radical (unpaired) electrons. The van der Waals surface area contributed by atoms with Crippen LogP contribution in [0, 0.1) is 0 Å². The van der Waals surface area contributed by atoms with E-state index in [1.54, 1.807) is 42.6 Å². The number of aliphatic carboxylic acids is 1. The number of benzene rings is 2. The second-order valence-corrected chi connectivity index (χ2v) is 4.36. The Morgan fingerprint density at radius 2 is 1.64 bits per heavy atom. The predicted octanol–water partition coefficient (Wildman–Crippen LogP) is 2.60. The Labute approximate surface area is 126 Å². The molecule has 112 valence electrons. The zero-order valence-electron chi connectivity index (χ0n) is 11.5. The summed E-state index contributed by atoms with van der Waals surface area (Å²) in [5, 5.41) is 17.3. The van der Waals surface area contributed by atoms with Crippen molar-refractivity contribution in [1.29, 1.82) is 0 Å². The molecule has 6 nitrogen and oxygen atoms in total. The molecule has 0 bridgehead atoms. The van der Waals surface area contributed by atoms with Gasteiger partial charge in [-0.05, 0) is 54.1 Å². The highest BCUT2D eigenvalue weighted by Gasteiger charge is 2.01. The molecule has 0 saturated heterocycles. The number of hydrogen-bond donors (Lipinski definition) is 2. The number of aromatic carboxylic acids is 1. The third-order valence-corrected chi connectivity index (χ3v) is 2.72. The lowest BCUT2D eigenvalue weighted by Gasteiger charge is -2.02. The van der Waals surface area contributed by atoms with Crippen LogP contribution in [0.15, 0.2) is 53.5 Å². The lowest BCUT2D eigenvalue weighted by molar-refractivity contribution is -0.139. The molecule has 0 saturated carbocycles. The van der Waals surface area contributed by atoms with Crippen LogP contribution < -0.4 is 4.74 Å². The van der Waals surface area contributed by atoms with Gasteiger partial charge in [-0.2, -0.15) is 0 Å². The summed E-state index contributed by atoms with van der Waals surface area (Å²) in [5.74, 6) is -1.55. The molecule has 0 unspecified atom stereocenters. The van der Waals surface area contributed by atoms with Gasteiger partial charge in [-0.25, -0.2) is 9.59 Å². The summed E-state index contributed by atoms with van der Waals surface area (Å²) in [6.45, 7) is -0.386. The molecule has 0 atom stereocenters. The first-order valence-corrected chi connectivity index (χ1v) is 6.37. The summed E-state index contributed by atoms with van der Waals surface area (Å²) in [5.41, 5.74) is 1.65. The van der Waals surface area contributed by atoms with Crippen LogP contribution in [0.5, 0.6) is 5.75 Å². The van der Waals surface area contributed by atoms with Gasteiger partial charge in [-0.15, -0.1) is 0 Å². The van der Waals surface area contributed by atoms with E-state index in [-0.39, 0.29) is 12.2 Å². The van der Waals surface area contributed by atoms with Crippen LogP contribution in [0.1, 0.15) is 15.9 Å². The number of carbonyl (C=O) groups is 2. The summed E-state index contributed by atoms with van der Waals surface area (Å²) < 4.78 is 5.02. The highest BCUT2D eigenvalue weighted by molar-refractivity contribution is 5.88. The van der Waals surface area contributed by atoms with Crippen LogP contribution in [-0.2, 0) is 4.79 Å². The molecular weight excluding hydrogens is 286 g/mol. The Hall–Kier alpha value is -3.15. The molecule has 0 fully saturated rings. The van der Waals surface area contributed by atoms with Crippen molar-refractivity contribution < 1.29 is 24.5 Å². The second-order valence-electron chi connectivity index (χ2n) is 4.36. The van der Waals surface area contributed by atoms with E-state index in [9.17, 15) is 9.59 Å². The SMILES string of the molecule is O=C(O)COc1ccc(C=Nc2ccc(C(=O)O)cc2)cc1. The van der Waals surface area contributed by atoms with Crippen molar-refractivity contribution in [3.63, 3.8) is 0 Å². The van der Waals surface area contributed by atoms with Crippen LogP contribution in [0.4, 0.5) is 5.69 Å². The molecule has 0 spiro atoms. The van der Waals surface area contributed by atoms with E-state index in [1.165, 1.54) is 12.1 Å². The molecule has 0 heterocycles. The van der Waals surface area contributed by atoms with E-state index in [4.69, 9.17) is 14.9 Å². The summed E-state index contributed by atoms with van der Waals surface area (Å²) in [6.07, 6.45) is 1.62. The molecule has 0 aliphatic heterocycles. The van der Waals surface area contributed by atoms with Gasteiger partial charge < -0.3 is 14.9 Å². The van der Waals surface area contributed by atoms with Gasteiger partial charge in [0.05, 0.1) is 11.3 Å². The van der Waals surface area contributed by atoms with Gasteiger partial charge in [0.15, 0.2) is 6.61 Å². The summed E-state index contributed by atoms with van der Waals surface area (Å²) in [6, 6.07) is 13.0. The highest BCUT2D eigenvalue weighted by Crippen LogP contribution is 2.15. The number of carboxylic acid groups (broad SMARTS) is 2. The molecule has 22 heavy (non-hydrogen) atoms. The minimum absolute atomic E-state index is 0.207. The zero-order valence-corrected chi connectivity index (χ0v) is 11.5. The van der Waals surface area contributed by atoms with Crippen molar-refractivity contribution in [1.82, 2.24) is 0 Å². The average Bonchev–Trinajstić information content (AvgIpc) is 2.52. The average molecular weight is 299 g/mol. The standard InChI is InChI=1S/C16H13NO5/c18-15(19)10-22-14-7-1-11(2-8-14)9-17-13-5-3-12(4-6-13)16(20)21/h1-9H,10H2,(H,18,19)(H,20,21). The van der Waals surface area contributed by atoms with Crippen LogP contribution in [-0.4, -0.2) is 35.0 Å². The number of aliphatic imine (C=N–C) groups is 1. The first kappa shape index (κ1) is 15.2. The molecule has 0 amide bonds. The van der Waals surface area contributed by atoms with Gasteiger partial charge in [0.2, 0.25) is 0 Å². The largest absolute Gasteiger partial charge is 0.482 e. The Morgan fingerprint density at radius 1 is 1.00 bits per heavy atom. The normalized spacial score (nSPS) is 10.5. The van der Waals surface area contributed by atoms with Gasteiger partial charge in [-0.1, -0.05) is 0 Å². The number of nitrogens with zero attached hydrogens (tertiary/aromatic N) is 1. The monoisotopic (exact) mass is 299 g/mol. The van der Waals surface area contributed by atoms with Crippen molar-refractivity contribution in [2.24, 2.45) is 4.99 Å². The zero-order chi connectivity index (χ0) is 15.9. The molecule has 2 aromatic rings. The maximum atomic E-state index is 10.7. The summed E-state index contributed by atoms with van der Waals surface area (Å²) in [4.78, 5) is 25.3. The fourth-order valence-electron chi connectivity index (χ4n) is 1.63. The van der Waals surface area contributed by atoms with Crippen molar-refractivity contribution in [2.45, 2.75) is 0 Å². The predicted molar refractivity (Wildman–Crippen MR) is 80.2 cm³/mol. The van der Waals surface area contributed by atoms with E-state index in [1.807, 2.05) is 0 Å². The third-order valence-electron chi connectivity index (χ3n) is 2.72. The van der Waals surface area contributed by atoms with Crippen molar-refractivity contribution >= 4 is 23.8 Å². The Morgan fingerprint density at radius 3 is 2.18 bits per heavy atom. The van der Waals surface area contributed by atoms with E-state index >= 15 is 0 Å². The molecule has 0 aliphatic carbocycles. The van der Waals surface area contributed by atoms with E-state index in [0.717, 1.165) is 5.56 Å². The minimum atomic E-state index is -1.03. The van der Waals surface area contributed by atoms with Gasteiger partial charge in [0, 0.05) is 6.21 Å². The molecule has 0 aromatic heterocycles. The topological polar surface area (TPSA) is 96.2 Å². The Bertz CT molecular complexity index is 689. The van der Waals surface area contributed by atoms with Gasteiger partial charge in [-0.3, -0.25) is 4.99 Å². The van der Waals surface area contributed by atoms with E-state index < -0.39 is 11.9 Å². The van der Waals surface area contributed by atoms with Gasteiger partial charge >= 0.3 is 11.9 Å². The number of carboxylic acids is 2. The van der Waals surface area contributed by atoms with Crippen molar-refractivity contribution in [2.75, 3.05) is 6.61 Å². The molecule has 2 N–H and O–H groups in total. The summed E-state index contributed by atoms with van der Waals surface area (Å²) >= 11 is 0. The third kappa shape index (κ3) is 4.45. The fourth-order valence-corrected chi connectivity index (χ4v) is 1.63. The van der Waals surface area contributed by atoms with Crippen LogP contribution in [0.3, 0.4) is 0 Å². The molecule has 0 aliphatic rings. The fraction of sp³-hybridized carbons (Fsp3) is 0.0625. The Kier molecular flexibility index (Phi) is 4.87. The van der Waals surface area contributed by atoms with Crippen LogP contribution in [0.2, 0.25) is 0 Å². The molecule has 2 rings (SSSR count). The molecular formula is C16H13NO5. The minimum Gasteiger partial charge on any atom is -0.482 e. The second kappa shape index (κ2) is 7.03. The van der Waals surface area contributed by atoms with E-state index in [2.05, 4.69) is 4.99 Å². The highest BCUT2D eigenvalue weighted by atomic mass is 16.5. The number of ether oxygens (including phenoxy) is 1.